The monoisotopic (exact) mass is 231 g/mol. The van der Waals surface area contributed by atoms with Crippen LogP contribution in [0.5, 0.6) is 0 Å². The van der Waals surface area contributed by atoms with Gasteiger partial charge in [-0.05, 0) is 32.7 Å². The van der Waals surface area contributed by atoms with Gasteiger partial charge in [0, 0.05) is 24.1 Å². The molecule has 0 radical (unpaired) electrons. The average Bonchev–Trinajstić information content (AvgIpc) is 2.92. The Bertz CT molecular complexity index is 311. The quantitative estimate of drug-likeness (QED) is 0.797. The van der Waals surface area contributed by atoms with Crippen LogP contribution in [0.25, 0.3) is 0 Å². The molecule has 78 valence electrons. The van der Waals surface area contributed by atoms with E-state index in [9.17, 15) is 0 Å². The fourth-order valence-electron chi connectivity index (χ4n) is 1.61. The molecule has 1 heterocycles. The van der Waals surface area contributed by atoms with Crippen molar-refractivity contribution in [3.63, 3.8) is 0 Å². The van der Waals surface area contributed by atoms with E-state index in [1.54, 1.807) is 0 Å². The van der Waals surface area contributed by atoms with E-state index in [1.807, 2.05) is 0 Å². The molecule has 1 atom stereocenters. The Kier molecular flexibility index (Phi) is 3.04. The molecule has 0 aromatic carbocycles. The molecule has 1 aromatic rings. The van der Waals surface area contributed by atoms with Crippen LogP contribution in [0.15, 0.2) is 0 Å². The molecule has 1 aromatic heterocycles. The van der Waals surface area contributed by atoms with Gasteiger partial charge >= 0.3 is 0 Å². The normalized spacial score (nSPS) is 18.9. The minimum absolute atomic E-state index is 0.632. The molecule has 5 heteroatoms. The molecule has 2 rings (SSSR count). The molecule has 1 aliphatic rings. The van der Waals surface area contributed by atoms with Crippen LogP contribution in [0, 0.1) is 5.92 Å². The van der Waals surface area contributed by atoms with Crippen LogP contribution < -0.4 is 0 Å². The van der Waals surface area contributed by atoms with Gasteiger partial charge in [-0.25, -0.2) is 0 Å². The molecule has 0 bridgehead atoms. The minimum Gasteiger partial charge on any atom is -0.297 e. The molecule has 1 aliphatic carbocycles. The van der Waals surface area contributed by atoms with Crippen molar-refractivity contribution < 1.29 is 0 Å². The summed E-state index contributed by atoms with van der Waals surface area (Å²) in [6.07, 6.45) is 2.74. The number of nitrogens with zero attached hydrogens (tertiary/aromatic N) is 3. The highest BCUT2D eigenvalue weighted by atomic mass is 35.5. The lowest BCUT2D eigenvalue weighted by molar-refractivity contribution is 0.224. The van der Waals surface area contributed by atoms with Crippen LogP contribution in [-0.2, 0) is 6.54 Å². The topological polar surface area (TPSA) is 29.0 Å². The first kappa shape index (κ1) is 10.3. The van der Waals surface area contributed by atoms with E-state index in [4.69, 9.17) is 11.6 Å². The maximum absolute atomic E-state index is 5.95. The Labute approximate surface area is 93.2 Å². The van der Waals surface area contributed by atoms with Crippen molar-refractivity contribution in [1.29, 1.82) is 0 Å². The van der Waals surface area contributed by atoms with E-state index in [-0.39, 0.29) is 0 Å². The minimum atomic E-state index is 0.632. The van der Waals surface area contributed by atoms with Crippen molar-refractivity contribution >= 4 is 23.1 Å². The SMILES string of the molecule is CC(C1CC1)N(C)Cc1nnsc1Cl. The molecule has 0 saturated heterocycles. The lowest BCUT2D eigenvalue weighted by Crippen LogP contribution is -2.30. The van der Waals surface area contributed by atoms with Crippen molar-refractivity contribution in [2.24, 2.45) is 5.92 Å². The number of hydrogen-bond donors (Lipinski definition) is 0. The Morgan fingerprint density at radius 3 is 2.86 bits per heavy atom. The van der Waals surface area contributed by atoms with Gasteiger partial charge in [-0.2, -0.15) is 0 Å². The first-order valence-electron chi connectivity index (χ1n) is 4.85. The summed E-state index contributed by atoms with van der Waals surface area (Å²) < 4.78 is 4.55. The zero-order valence-corrected chi connectivity index (χ0v) is 9.98. The zero-order valence-electron chi connectivity index (χ0n) is 8.40. The Balaban J connectivity index is 1.93. The third-order valence-corrected chi connectivity index (χ3v) is 3.89. The predicted octanol–water partition coefficient (Wildman–Crippen LogP) is 2.42. The highest BCUT2D eigenvalue weighted by molar-refractivity contribution is 7.10. The van der Waals surface area contributed by atoms with Gasteiger partial charge in [0.05, 0.1) is 0 Å². The van der Waals surface area contributed by atoms with Crippen LogP contribution in [0.4, 0.5) is 0 Å². The fraction of sp³-hybridized carbons (Fsp3) is 0.778. The summed E-state index contributed by atoms with van der Waals surface area (Å²) in [5.41, 5.74) is 0.909. The van der Waals surface area contributed by atoms with Crippen LogP contribution in [-0.4, -0.2) is 27.6 Å². The Morgan fingerprint density at radius 1 is 1.64 bits per heavy atom. The van der Waals surface area contributed by atoms with Crippen molar-refractivity contribution in [3.05, 3.63) is 10.0 Å². The van der Waals surface area contributed by atoms with Gasteiger partial charge in [-0.3, -0.25) is 4.90 Å². The second-order valence-corrected chi connectivity index (χ2v) is 5.34. The lowest BCUT2D eigenvalue weighted by atomic mass is 10.2. The summed E-state index contributed by atoms with van der Waals surface area (Å²) in [7, 11) is 2.12. The Morgan fingerprint density at radius 2 is 2.36 bits per heavy atom. The van der Waals surface area contributed by atoms with Crippen LogP contribution >= 0.6 is 23.1 Å². The van der Waals surface area contributed by atoms with E-state index in [0.29, 0.717) is 6.04 Å². The van der Waals surface area contributed by atoms with Gasteiger partial charge < -0.3 is 0 Å². The highest BCUT2D eigenvalue weighted by Crippen LogP contribution is 2.35. The smallest absolute Gasteiger partial charge is 0.138 e. The van der Waals surface area contributed by atoms with Crippen molar-refractivity contribution in [2.45, 2.75) is 32.4 Å². The standard InChI is InChI=1S/C9H14ClN3S/c1-6(7-3-4-7)13(2)5-8-9(10)14-12-11-8/h6-7H,3-5H2,1-2H3. The molecule has 0 aliphatic heterocycles. The van der Waals surface area contributed by atoms with Gasteiger partial charge in [0.25, 0.3) is 0 Å². The third-order valence-electron chi connectivity index (χ3n) is 2.91. The molecule has 1 unspecified atom stereocenters. The van der Waals surface area contributed by atoms with Crippen molar-refractivity contribution in [2.75, 3.05) is 7.05 Å². The van der Waals surface area contributed by atoms with Crippen LogP contribution in [0.1, 0.15) is 25.5 Å². The van der Waals surface area contributed by atoms with E-state index in [2.05, 4.69) is 28.5 Å². The highest BCUT2D eigenvalue weighted by Gasteiger charge is 2.30. The molecule has 1 fully saturated rings. The fourth-order valence-corrected chi connectivity index (χ4v) is 2.22. The van der Waals surface area contributed by atoms with Crippen molar-refractivity contribution in [1.82, 2.24) is 14.5 Å². The predicted molar refractivity (Wildman–Crippen MR) is 58.6 cm³/mol. The largest absolute Gasteiger partial charge is 0.297 e. The van der Waals surface area contributed by atoms with Gasteiger partial charge in [0.2, 0.25) is 0 Å². The molecular formula is C9H14ClN3S. The molecule has 14 heavy (non-hydrogen) atoms. The van der Waals surface area contributed by atoms with Crippen molar-refractivity contribution in [3.8, 4) is 0 Å². The number of halogens is 1. The van der Waals surface area contributed by atoms with Gasteiger partial charge in [-0.1, -0.05) is 16.1 Å². The second kappa shape index (κ2) is 4.13. The zero-order chi connectivity index (χ0) is 10.1. The van der Waals surface area contributed by atoms with E-state index in [0.717, 1.165) is 22.5 Å². The molecule has 0 N–H and O–H groups in total. The van der Waals surface area contributed by atoms with E-state index < -0.39 is 0 Å². The number of aromatic nitrogens is 2. The van der Waals surface area contributed by atoms with E-state index in [1.165, 1.54) is 24.4 Å². The first-order chi connectivity index (χ1) is 6.68. The van der Waals surface area contributed by atoms with Crippen LogP contribution in [0.2, 0.25) is 4.34 Å². The van der Waals surface area contributed by atoms with Gasteiger partial charge in [0.1, 0.15) is 10.0 Å². The maximum Gasteiger partial charge on any atom is 0.138 e. The summed E-state index contributed by atoms with van der Waals surface area (Å²) in [4.78, 5) is 2.31. The second-order valence-electron chi connectivity index (χ2n) is 3.99. The molecular weight excluding hydrogens is 218 g/mol. The summed E-state index contributed by atoms with van der Waals surface area (Å²) in [5.74, 6) is 0.880. The first-order valence-corrected chi connectivity index (χ1v) is 6.00. The molecule has 3 nitrogen and oxygen atoms in total. The summed E-state index contributed by atoms with van der Waals surface area (Å²) in [6.45, 7) is 3.08. The molecule has 1 saturated carbocycles. The van der Waals surface area contributed by atoms with E-state index >= 15 is 0 Å². The van der Waals surface area contributed by atoms with Gasteiger partial charge in [-0.15, -0.1) is 5.10 Å². The summed E-state index contributed by atoms with van der Waals surface area (Å²) in [5, 5.41) is 4.01. The maximum atomic E-state index is 5.95. The average molecular weight is 232 g/mol. The van der Waals surface area contributed by atoms with Gasteiger partial charge in [0.15, 0.2) is 0 Å². The lowest BCUT2D eigenvalue weighted by Gasteiger charge is -2.23. The molecule has 0 spiro atoms. The summed E-state index contributed by atoms with van der Waals surface area (Å²) >= 11 is 7.21. The van der Waals surface area contributed by atoms with Crippen LogP contribution in [0.3, 0.4) is 0 Å². The third kappa shape index (κ3) is 2.24. The molecule has 0 amide bonds. The number of rotatable bonds is 4. The number of hydrogen-bond acceptors (Lipinski definition) is 4. The summed E-state index contributed by atoms with van der Waals surface area (Å²) in [6, 6.07) is 0.632. The Hall–Kier alpha value is -0.190.